The van der Waals surface area contributed by atoms with Gasteiger partial charge in [-0.05, 0) is 64.5 Å². The highest BCUT2D eigenvalue weighted by molar-refractivity contribution is 9.10. The Labute approximate surface area is 207 Å². The maximum Gasteiger partial charge on any atom is 0.150 e. The van der Waals surface area contributed by atoms with Gasteiger partial charge >= 0.3 is 0 Å². The van der Waals surface area contributed by atoms with Gasteiger partial charge in [0.15, 0.2) is 6.23 Å². The van der Waals surface area contributed by atoms with Gasteiger partial charge in [-0.15, -0.1) is 0 Å². The number of hydrogen-bond acceptors (Lipinski definition) is 5. The number of nitrogens with two attached hydrogens (primary N) is 1. The summed E-state index contributed by atoms with van der Waals surface area (Å²) < 4.78 is 20.8. The maximum atomic E-state index is 6.43. The molecule has 0 radical (unpaired) electrons. The summed E-state index contributed by atoms with van der Waals surface area (Å²) in [4.78, 5) is 0. The monoisotopic (exact) mass is 521 g/mol. The van der Waals surface area contributed by atoms with E-state index < -0.39 is 0 Å². The molecule has 0 spiro atoms. The number of ether oxygens (including phenoxy) is 3. The van der Waals surface area contributed by atoms with Crippen LogP contribution in [0.25, 0.3) is 10.9 Å². The first-order valence-electron chi connectivity index (χ1n) is 11.6. The van der Waals surface area contributed by atoms with E-state index in [1.165, 1.54) is 0 Å². The summed E-state index contributed by atoms with van der Waals surface area (Å²) in [6.07, 6.45) is 5.07. The number of nitrogens with zero attached hydrogens (tertiary/aromatic N) is 2. The second kappa shape index (κ2) is 10.6. The Hall–Kier alpha value is -2.87. The second-order valence-electron chi connectivity index (χ2n) is 8.51. The van der Waals surface area contributed by atoms with Crippen molar-refractivity contribution in [3.63, 3.8) is 0 Å². The summed E-state index contributed by atoms with van der Waals surface area (Å²) in [7, 11) is 0. The van der Waals surface area contributed by atoms with Gasteiger partial charge in [0.2, 0.25) is 0 Å². The molecule has 0 saturated carbocycles. The van der Waals surface area contributed by atoms with Crippen molar-refractivity contribution < 1.29 is 14.2 Å². The summed E-state index contributed by atoms with van der Waals surface area (Å²) in [5.41, 5.74) is 9.55. The van der Waals surface area contributed by atoms with Gasteiger partial charge in [0.25, 0.3) is 0 Å². The molecule has 0 bridgehead atoms. The van der Waals surface area contributed by atoms with E-state index in [2.05, 4.69) is 21.0 Å². The van der Waals surface area contributed by atoms with Crippen LogP contribution in [0.15, 0.2) is 77.4 Å². The highest BCUT2D eigenvalue weighted by Crippen LogP contribution is 2.34. The molecule has 1 aliphatic rings. The Morgan fingerprint density at radius 1 is 1.06 bits per heavy atom. The van der Waals surface area contributed by atoms with Gasteiger partial charge in [-0.1, -0.05) is 42.5 Å². The zero-order valence-electron chi connectivity index (χ0n) is 18.9. The van der Waals surface area contributed by atoms with Crippen LogP contribution >= 0.6 is 15.9 Å². The van der Waals surface area contributed by atoms with Crippen LogP contribution in [0.3, 0.4) is 0 Å². The molecule has 1 aromatic heterocycles. The van der Waals surface area contributed by atoms with Gasteiger partial charge in [0.05, 0.1) is 22.2 Å². The lowest BCUT2D eigenvalue weighted by Gasteiger charge is -2.23. The van der Waals surface area contributed by atoms with E-state index in [1.54, 1.807) is 0 Å². The zero-order valence-corrected chi connectivity index (χ0v) is 20.5. The number of rotatable bonds is 8. The molecule has 34 heavy (non-hydrogen) atoms. The first-order valence-corrected chi connectivity index (χ1v) is 12.4. The number of halogens is 1. The van der Waals surface area contributed by atoms with Crippen molar-refractivity contribution in [3.05, 3.63) is 88.5 Å². The molecule has 2 unspecified atom stereocenters. The van der Waals surface area contributed by atoms with Crippen molar-refractivity contribution in [2.24, 2.45) is 5.73 Å². The SMILES string of the molecule is NC(COc1cc2c(cnn2C2CCCCO2)cc1Br)c1ccc(OCc2ccccc2)cc1. The van der Waals surface area contributed by atoms with Crippen molar-refractivity contribution in [1.29, 1.82) is 0 Å². The van der Waals surface area contributed by atoms with Gasteiger partial charge in [0.1, 0.15) is 24.7 Å². The molecule has 7 heteroatoms. The molecular formula is C27H28BrN3O3. The average molecular weight is 522 g/mol. The van der Waals surface area contributed by atoms with Crippen molar-refractivity contribution in [3.8, 4) is 11.5 Å². The molecule has 176 valence electrons. The molecule has 5 rings (SSSR count). The molecular weight excluding hydrogens is 494 g/mol. The third-order valence-corrected chi connectivity index (χ3v) is 6.67. The predicted octanol–water partition coefficient (Wildman–Crippen LogP) is 6.16. The zero-order chi connectivity index (χ0) is 23.3. The van der Waals surface area contributed by atoms with E-state index in [4.69, 9.17) is 19.9 Å². The van der Waals surface area contributed by atoms with Gasteiger partial charge in [-0.25, -0.2) is 4.68 Å². The quantitative estimate of drug-likeness (QED) is 0.300. The van der Waals surface area contributed by atoms with Crippen LogP contribution in [-0.4, -0.2) is 23.0 Å². The Morgan fingerprint density at radius 2 is 1.88 bits per heavy atom. The smallest absolute Gasteiger partial charge is 0.150 e. The Balaban J connectivity index is 1.22. The third-order valence-electron chi connectivity index (χ3n) is 6.05. The lowest BCUT2D eigenvalue weighted by molar-refractivity contribution is -0.0366. The van der Waals surface area contributed by atoms with Crippen molar-refractivity contribution in [2.75, 3.05) is 13.2 Å². The van der Waals surface area contributed by atoms with Crippen LogP contribution in [-0.2, 0) is 11.3 Å². The minimum Gasteiger partial charge on any atom is -0.490 e. The van der Waals surface area contributed by atoms with E-state index in [9.17, 15) is 0 Å². The summed E-state index contributed by atoms with van der Waals surface area (Å²) in [5, 5.41) is 5.61. The fourth-order valence-electron chi connectivity index (χ4n) is 4.13. The minimum absolute atomic E-state index is 0.0230. The number of fused-ring (bicyclic) bond motifs is 1. The Kier molecular flexibility index (Phi) is 7.13. The number of hydrogen-bond donors (Lipinski definition) is 1. The van der Waals surface area contributed by atoms with E-state index in [-0.39, 0.29) is 12.3 Å². The first kappa shape index (κ1) is 22.9. The molecule has 1 saturated heterocycles. The van der Waals surface area contributed by atoms with E-state index >= 15 is 0 Å². The highest BCUT2D eigenvalue weighted by Gasteiger charge is 2.20. The standard InChI is InChI=1S/C27H28BrN3O3/c28-23-14-21-16-30-31(27-8-4-5-13-32-27)25(21)15-26(23)34-18-24(29)20-9-11-22(12-10-20)33-17-19-6-2-1-3-7-19/h1-3,6-7,9-12,14-16,24,27H,4-5,8,13,17-18,29H2. The number of aromatic nitrogens is 2. The first-order chi connectivity index (χ1) is 16.7. The largest absolute Gasteiger partial charge is 0.490 e. The molecule has 6 nitrogen and oxygen atoms in total. The molecule has 0 aliphatic carbocycles. The average Bonchev–Trinajstić information content (AvgIpc) is 3.30. The van der Waals surface area contributed by atoms with Crippen LogP contribution in [0.2, 0.25) is 0 Å². The minimum atomic E-state index is -0.266. The van der Waals surface area contributed by atoms with E-state index in [1.807, 2.05) is 77.6 Å². The molecule has 1 aliphatic heterocycles. The van der Waals surface area contributed by atoms with Crippen molar-refractivity contribution in [1.82, 2.24) is 9.78 Å². The molecule has 0 amide bonds. The van der Waals surface area contributed by atoms with Crippen LogP contribution < -0.4 is 15.2 Å². The molecule has 2 heterocycles. The van der Waals surface area contributed by atoms with Gasteiger partial charge < -0.3 is 19.9 Å². The van der Waals surface area contributed by atoms with Gasteiger partial charge in [0, 0.05) is 18.1 Å². The van der Waals surface area contributed by atoms with Gasteiger partial charge in [-0.2, -0.15) is 5.10 Å². The fourth-order valence-corrected chi connectivity index (χ4v) is 4.61. The Bertz CT molecular complexity index is 1220. The van der Waals surface area contributed by atoms with Crippen molar-refractivity contribution in [2.45, 2.75) is 38.1 Å². The van der Waals surface area contributed by atoms with Crippen molar-refractivity contribution >= 4 is 26.8 Å². The molecule has 2 N–H and O–H groups in total. The van der Waals surface area contributed by atoms with Crippen LogP contribution in [0, 0.1) is 0 Å². The topological polar surface area (TPSA) is 71.5 Å². The third kappa shape index (κ3) is 5.27. The lowest BCUT2D eigenvalue weighted by Crippen LogP contribution is -2.20. The maximum absolute atomic E-state index is 6.43. The summed E-state index contributed by atoms with van der Waals surface area (Å²) in [6.45, 7) is 1.66. The van der Waals surface area contributed by atoms with Gasteiger partial charge in [-0.3, -0.25) is 0 Å². The fraction of sp³-hybridized carbons (Fsp3) is 0.296. The van der Waals surface area contributed by atoms with Crippen LogP contribution in [0.4, 0.5) is 0 Å². The lowest BCUT2D eigenvalue weighted by atomic mass is 10.1. The van der Waals surface area contributed by atoms with E-state index in [0.29, 0.717) is 13.2 Å². The summed E-state index contributed by atoms with van der Waals surface area (Å²) in [6, 6.07) is 21.8. The van der Waals surface area contributed by atoms with Crippen LogP contribution in [0.1, 0.15) is 42.7 Å². The summed E-state index contributed by atoms with van der Waals surface area (Å²) in [5.74, 6) is 1.55. The predicted molar refractivity (Wildman–Crippen MR) is 136 cm³/mol. The summed E-state index contributed by atoms with van der Waals surface area (Å²) >= 11 is 3.62. The van der Waals surface area contributed by atoms with Crippen LogP contribution in [0.5, 0.6) is 11.5 Å². The molecule has 3 aromatic carbocycles. The second-order valence-corrected chi connectivity index (χ2v) is 9.37. The Morgan fingerprint density at radius 3 is 2.65 bits per heavy atom. The normalized spacial score (nSPS) is 16.9. The molecule has 4 aromatic rings. The molecule has 1 fully saturated rings. The molecule has 2 atom stereocenters. The number of benzene rings is 3. The highest BCUT2D eigenvalue weighted by atomic mass is 79.9. The van der Waals surface area contributed by atoms with E-state index in [0.717, 1.165) is 63.9 Å².